The molecule has 1 rings (SSSR count). The number of ether oxygens (including phenoxy) is 1. The predicted octanol–water partition coefficient (Wildman–Crippen LogP) is 3.36. The highest BCUT2D eigenvalue weighted by molar-refractivity contribution is 7.99. The molecule has 124 valence electrons. The van der Waals surface area contributed by atoms with Crippen LogP contribution in [0, 0.1) is 5.92 Å². The molecule has 4 nitrogen and oxygen atoms in total. The quantitative estimate of drug-likeness (QED) is 0.844. The zero-order valence-corrected chi connectivity index (χ0v) is 15.3. The first-order chi connectivity index (χ1) is 9.63. The Morgan fingerprint density at radius 3 is 2.29 bits per heavy atom. The Morgan fingerprint density at radius 2 is 1.81 bits per heavy atom. The van der Waals surface area contributed by atoms with Gasteiger partial charge >= 0.3 is 6.09 Å². The van der Waals surface area contributed by atoms with Crippen molar-refractivity contribution in [3.63, 3.8) is 0 Å². The second kappa shape index (κ2) is 7.73. The lowest BCUT2D eigenvalue weighted by Gasteiger charge is -2.34. The molecule has 0 aromatic carbocycles. The van der Waals surface area contributed by atoms with Crippen LogP contribution in [0.1, 0.15) is 47.5 Å². The molecule has 1 N–H and O–H groups in total. The van der Waals surface area contributed by atoms with Gasteiger partial charge in [-0.25, -0.2) is 4.79 Å². The number of hydrogen-bond donors (Lipinski definition) is 1. The molecule has 0 spiro atoms. The Balaban J connectivity index is 2.25. The summed E-state index contributed by atoms with van der Waals surface area (Å²) >= 11 is 1.89. The Labute approximate surface area is 134 Å². The topological polar surface area (TPSA) is 41.6 Å². The van der Waals surface area contributed by atoms with E-state index in [1.54, 1.807) is 0 Å². The smallest absolute Gasteiger partial charge is 0.410 e. The molecule has 1 aliphatic rings. The fraction of sp³-hybridized carbons (Fsp3) is 0.938. The van der Waals surface area contributed by atoms with Gasteiger partial charge in [-0.15, -0.1) is 0 Å². The molecule has 1 amide bonds. The van der Waals surface area contributed by atoms with E-state index in [4.69, 9.17) is 4.74 Å². The van der Waals surface area contributed by atoms with Crippen LogP contribution in [0.25, 0.3) is 0 Å². The van der Waals surface area contributed by atoms with Crippen LogP contribution < -0.4 is 5.32 Å². The number of hydrogen-bond acceptors (Lipinski definition) is 4. The predicted molar refractivity (Wildman–Crippen MR) is 91.0 cm³/mol. The molecule has 0 saturated carbocycles. The van der Waals surface area contributed by atoms with Crippen LogP contribution in [0.2, 0.25) is 0 Å². The molecule has 0 aromatic rings. The number of rotatable bonds is 5. The van der Waals surface area contributed by atoms with Crippen LogP contribution >= 0.6 is 11.8 Å². The van der Waals surface area contributed by atoms with E-state index >= 15 is 0 Å². The first-order valence-electron chi connectivity index (χ1n) is 7.87. The van der Waals surface area contributed by atoms with Crippen LogP contribution in [0.15, 0.2) is 0 Å². The zero-order valence-electron chi connectivity index (χ0n) is 14.5. The van der Waals surface area contributed by atoms with E-state index in [1.165, 1.54) is 0 Å². The molecule has 21 heavy (non-hydrogen) atoms. The Kier molecular flexibility index (Phi) is 6.85. The number of nitrogens with zero attached hydrogens (tertiary/aromatic N) is 1. The first kappa shape index (κ1) is 18.6. The van der Waals surface area contributed by atoms with Gasteiger partial charge in [0, 0.05) is 24.4 Å². The van der Waals surface area contributed by atoms with Crippen LogP contribution in [-0.2, 0) is 4.74 Å². The lowest BCUT2D eigenvalue weighted by atomic mass is 9.97. The summed E-state index contributed by atoms with van der Waals surface area (Å²) in [5, 5.41) is 3.57. The third kappa shape index (κ3) is 7.41. The van der Waals surface area contributed by atoms with E-state index in [0.717, 1.165) is 39.0 Å². The molecule has 0 aliphatic carbocycles. The summed E-state index contributed by atoms with van der Waals surface area (Å²) in [6.07, 6.45) is 4.11. The van der Waals surface area contributed by atoms with Crippen molar-refractivity contribution in [2.24, 2.45) is 5.92 Å². The number of carbonyl (C=O) groups excluding carboxylic acids is 1. The van der Waals surface area contributed by atoms with Gasteiger partial charge in [0.2, 0.25) is 0 Å². The molecular weight excluding hydrogens is 284 g/mol. The summed E-state index contributed by atoms with van der Waals surface area (Å²) < 4.78 is 5.71. The first-order valence-corrected chi connectivity index (χ1v) is 9.09. The van der Waals surface area contributed by atoms with Crippen molar-refractivity contribution in [1.29, 1.82) is 0 Å². The molecule has 1 aliphatic heterocycles. The summed E-state index contributed by atoms with van der Waals surface area (Å²) in [5.74, 6) is 0.668. The summed E-state index contributed by atoms with van der Waals surface area (Å²) in [4.78, 5) is 13.8. The van der Waals surface area contributed by atoms with E-state index in [-0.39, 0.29) is 10.8 Å². The number of likely N-dealkylation sites (tertiary alicyclic amines) is 1. The molecule has 0 bridgehead atoms. The highest BCUT2D eigenvalue weighted by Crippen LogP contribution is 2.21. The molecule has 1 fully saturated rings. The van der Waals surface area contributed by atoms with Gasteiger partial charge in [-0.1, -0.05) is 0 Å². The minimum absolute atomic E-state index is 0.169. The third-order valence-corrected chi connectivity index (χ3v) is 5.05. The maximum absolute atomic E-state index is 12.0. The van der Waals surface area contributed by atoms with Crippen molar-refractivity contribution in [3.05, 3.63) is 0 Å². The molecule has 0 atom stereocenters. The standard InChI is InChI=1S/C16H32N2O2S/c1-15(2,3)20-14(19)18-9-7-13(8-10-18)11-17-12-16(4,5)21-6/h13,17H,7-12H2,1-6H3. The number of piperidine rings is 1. The van der Waals surface area contributed by atoms with Crippen molar-refractivity contribution in [2.75, 3.05) is 32.4 Å². The summed E-state index contributed by atoms with van der Waals surface area (Å²) in [6.45, 7) is 14.0. The monoisotopic (exact) mass is 316 g/mol. The number of thioether (sulfide) groups is 1. The van der Waals surface area contributed by atoms with E-state index in [1.807, 2.05) is 37.4 Å². The van der Waals surface area contributed by atoms with Crippen molar-refractivity contribution < 1.29 is 9.53 Å². The van der Waals surface area contributed by atoms with Crippen LogP contribution in [0.4, 0.5) is 4.79 Å². The number of nitrogens with one attached hydrogen (secondary N) is 1. The zero-order chi connectivity index (χ0) is 16.1. The van der Waals surface area contributed by atoms with Crippen molar-refractivity contribution in [2.45, 2.75) is 57.8 Å². The van der Waals surface area contributed by atoms with Crippen molar-refractivity contribution >= 4 is 17.9 Å². The van der Waals surface area contributed by atoms with E-state index in [2.05, 4.69) is 25.4 Å². The second-order valence-corrected chi connectivity index (χ2v) is 9.02. The second-order valence-electron chi connectivity index (χ2n) is 7.51. The molecule has 5 heteroatoms. The Hall–Kier alpha value is -0.420. The van der Waals surface area contributed by atoms with Crippen LogP contribution in [0.3, 0.4) is 0 Å². The SMILES string of the molecule is CSC(C)(C)CNCC1CCN(C(=O)OC(C)(C)C)CC1. The molecule has 0 radical (unpaired) electrons. The summed E-state index contributed by atoms with van der Waals surface area (Å²) in [6, 6.07) is 0. The van der Waals surface area contributed by atoms with Gasteiger partial charge in [0.15, 0.2) is 0 Å². The summed E-state index contributed by atoms with van der Waals surface area (Å²) in [7, 11) is 0. The van der Waals surface area contributed by atoms with Gasteiger partial charge in [0.25, 0.3) is 0 Å². The maximum Gasteiger partial charge on any atom is 0.410 e. The Morgan fingerprint density at radius 1 is 1.24 bits per heavy atom. The molecule has 1 saturated heterocycles. The fourth-order valence-corrected chi connectivity index (χ4v) is 2.54. The van der Waals surface area contributed by atoms with Gasteiger partial charge in [0.1, 0.15) is 5.60 Å². The van der Waals surface area contributed by atoms with E-state index in [0.29, 0.717) is 5.92 Å². The van der Waals surface area contributed by atoms with Gasteiger partial charge in [-0.05, 0) is 66.2 Å². The van der Waals surface area contributed by atoms with Gasteiger partial charge in [0.05, 0.1) is 0 Å². The van der Waals surface area contributed by atoms with Crippen molar-refractivity contribution in [3.8, 4) is 0 Å². The molecule has 0 unspecified atom stereocenters. The highest BCUT2D eigenvalue weighted by Gasteiger charge is 2.27. The minimum Gasteiger partial charge on any atom is -0.444 e. The minimum atomic E-state index is -0.404. The van der Waals surface area contributed by atoms with Gasteiger partial charge < -0.3 is 15.0 Å². The van der Waals surface area contributed by atoms with E-state index < -0.39 is 5.60 Å². The average molecular weight is 317 g/mol. The lowest BCUT2D eigenvalue weighted by molar-refractivity contribution is 0.0184. The number of carbonyl (C=O) groups is 1. The summed E-state index contributed by atoms with van der Waals surface area (Å²) in [5.41, 5.74) is -0.404. The van der Waals surface area contributed by atoms with Crippen LogP contribution in [0.5, 0.6) is 0 Å². The Bertz CT molecular complexity index is 332. The highest BCUT2D eigenvalue weighted by atomic mass is 32.2. The fourth-order valence-electron chi connectivity index (χ4n) is 2.30. The maximum atomic E-state index is 12.0. The number of amides is 1. The largest absolute Gasteiger partial charge is 0.444 e. The third-order valence-electron chi connectivity index (χ3n) is 3.80. The molecule has 0 aromatic heterocycles. The van der Waals surface area contributed by atoms with Crippen LogP contribution in [-0.4, -0.2) is 53.8 Å². The van der Waals surface area contributed by atoms with Gasteiger partial charge in [-0.2, -0.15) is 11.8 Å². The van der Waals surface area contributed by atoms with E-state index in [9.17, 15) is 4.79 Å². The van der Waals surface area contributed by atoms with Gasteiger partial charge in [-0.3, -0.25) is 0 Å². The lowest BCUT2D eigenvalue weighted by Crippen LogP contribution is -2.44. The normalized spacial score (nSPS) is 17.9. The molecular formula is C16H32N2O2S. The van der Waals surface area contributed by atoms with Crippen molar-refractivity contribution in [1.82, 2.24) is 10.2 Å². The molecule has 1 heterocycles. The average Bonchev–Trinajstić information content (AvgIpc) is 2.37.